The molecule has 2 rings (SSSR count). The molecule has 0 amide bonds. The zero-order valence-corrected chi connectivity index (χ0v) is 14.5. The third-order valence-corrected chi connectivity index (χ3v) is 3.92. The highest BCUT2D eigenvalue weighted by molar-refractivity contribution is 6.01. The van der Waals surface area contributed by atoms with E-state index in [2.05, 4.69) is 0 Å². The maximum absolute atomic E-state index is 12.3. The van der Waals surface area contributed by atoms with Gasteiger partial charge < -0.3 is 10.5 Å². The zero-order chi connectivity index (χ0) is 18.9. The van der Waals surface area contributed by atoms with Crippen LogP contribution in [0.4, 0.5) is 0 Å². The fourth-order valence-electron chi connectivity index (χ4n) is 2.61. The highest BCUT2D eigenvalue weighted by Gasteiger charge is 2.20. The lowest BCUT2D eigenvalue weighted by molar-refractivity contribution is -0.147. The summed E-state index contributed by atoms with van der Waals surface area (Å²) in [6.45, 7) is 0.964. The first-order chi connectivity index (χ1) is 12.5. The third-order valence-electron chi connectivity index (χ3n) is 3.92. The Morgan fingerprint density at radius 2 is 1.54 bits per heavy atom. The van der Waals surface area contributed by atoms with Crippen molar-refractivity contribution in [3.05, 3.63) is 83.1 Å². The molecule has 0 saturated heterocycles. The molecular weight excluding hydrogens is 328 g/mol. The van der Waals surface area contributed by atoms with Crippen molar-refractivity contribution in [3.8, 4) is 6.07 Å². The number of benzene rings is 2. The predicted molar refractivity (Wildman–Crippen MR) is 97.8 cm³/mol. The van der Waals surface area contributed by atoms with Crippen molar-refractivity contribution in [3.63, 3.8) is 0 Å². The molecule has 26 heavy (non-hydrogen) atoms. The summed E-state index contributed by atoms with van der Waals surface area (Å²) in [6, 6.07) is 21.0. The van der Waals surface area contributed by atoms with Gasteiger partial charge in [-0.25, -0.2) is 0 Å². The van der Waals surface area contributed by atoms with Gasteiger partial charge in [0.1, 0.15) is 11.6 Å². The first-order valence-corrected chi connectivity index (χ1v) is 8.18. The second-order valence-electron chi connectivity index (χ2n) is 5.83. The number of nitrogens with two attached hydrogens (primary N) is 1. The summed E-state index contributed by atoms with van der Waals surface area (Å²) >= 11 is 0. The van der Waals surface area contributed by atoms with Crippen LogP contribution >= 0.6 is 0 Å². The predicted octanol–water partition coefficient (Wildman–Crippen LogP) is 3.08. The smallest absolute Gasteiger partial charge is 0.307 e. The second-order valence-corrected chi connectivity index (χ2v) is 5.83. The molecule has 2 aromatic rings. The Morgan fingerprint density at radius 1 is 1.04 bits per heavy atom. The molecule has 5 heteroatoms. The highest BCUT2D eigenvalue weighted by Crippen LogP contribution is 2.28. The average molecular weight is 348 g/mol. The van der Waals surface area contributed by atoms with E-state index in [9.17, 15) is 9.59 Å². The number of ether oxygens (including phenoxy) is 1. The Kier molecular flexibility index (Phi) is 6.69. The highest BCUT2D eigenvalue weighted by atomic mass is 16.5. The molecule has 0 aliphatic carbocycles. The Hall–Kier alpha value is -3.39. The Labute approximate surface area is 152 Å². The fourth-order valence-corrected chi connectivity index (χ4v) is 2.61. The van der Waals surface area contributed by atoms with Crippen LogP contribution in [0.2, 0.25) is 0 Å². The lowest BCUT2D eigenvalue weighted by Gasteiger charge is -2.17. The molecule has 0 bridgehead atoms. The van der Waals surface area contributed by atoms with Crippen LogP contribution in [0.25, 0.3) is 0 Å². The molecule has 0 aromatic heterocycles. The summed E-state index contributed by atoms with van der Waals surface area (Å²) in [5.74, 6) is -1.29. The molecule has 0 atom stereocenters. The molecule has 2 aromatic carbocycles. The third kappa shape index (κ3) is 5.05. The fraction of sp³-hybridized carbons (Fsp3) is 0.190. The van der Waals surface area contributed by atoms with E-state index >= 15 is 0 Å². The van der Waals surface area contributed by atoms with Crippen molar-refractivity contribution >= 4 is 11.8 Å². The lowest BCUT2D eigenvalue weighted by atomic mass is 9.89. The van der Waals surface area contributed by atoms with Gasteiger partial charge in [-0.2, -0.15) is 5.26 Å². The molecule has 0 fully saturated rings. The van der Waals surface area contributed by atoms with Crippen LogP contribution in [0.5, 0.6) is 0 Å². The van der Waals surface area contributed by atoms with E-state index in [1.54, 1.807) is 6.07 Å². The number of hydrogen-bond donors (Lipinski definition) is 1. The van der Waals surface area contributed by atoms with Gasteiger partial charge in [-0.1, -0.05) is 60.7 Å². The molecule has 5 nitrogen and oxygen atoms in total. The molecule has 0 radical (unpaired) electrons. The number of Topliss-reactive ketones (excluding diaryl/α,β-unsaturated/α-hetero) is 1. The van der Waals surface area contributed by atoms with Crippen molar-refractivity contribution in [2.45, 2.75) is 19.3 Å². The monoisotopic (exact) mass is 348 g/mol. The summed E-state index contributed by atoms with van der Waals surface area (Å²) in [7, 11) is 0. The van der Waals surface area contributed by atoms with Gasteiger partial charge in [-0.05, 0) is 18.1 Å². The Bertz CT molecular complexity index is 793. The molecule has 0 unspecified atom stereocenters. The van der Waals surface area contributed by atoms with Gasteiger partial charge in [0.05, 0.1) is 6.42 Å². The van der Waals surface area contributed by atoms with Crippen LogP contribution in [-0.2, 0) is 14.3 Å². The number of nitriles is 1. The van der Waals surface area contributed by atoms with E-state index in [1.807, 2.05) is 60.7 Å². The van der Waals surface area contributed by atoms with Gasteiger partial charge in [-0.3, -0.25) is 9.59 Å². The second kappa shape index (κ2) is 9.19. The lowest BCUT2D eigenvalue weighted by Crippen LogP contribution is -2.19. The Morgan fingerprint density at radius 3 is 1.96 bits per heavy atom. The zero-order valence-electron chi connectivity index (χ0n) is 14.5. The van der Waals surface area contributed by atoms with Gasteiger partial charge in [0.2, 0.25) is 5.78 Å². The first kappa shape index (κ1) is 18.9. The quantitative estimate of drug-likeness (QED) is 0.471. The maximum atomic E-state index is 12.3. The minimum atomic E-state index is -0.600. The average Bonchev–Trinajstić information content (AvgIpc) is 2.66. The van der Waals surface area contributed by atoms with Gasteiger partial charge in [0.15, 0.2) is 6.61 Å². The molecule has 0 aliphatic heterocycles. The number of esters is 1. The van der Waals surface area contributed by atoms with Gasteiger partial charge in [-0.15, -0.1) is 0 Å². The van der Waals surface area contributed by atoms with Crippen molar-refractivity contribution < 1.29 is 14.3 Å². The van der Waals surface area contributed by atoms with E-state index < -0.39 is 18.4 Å². The maximum Gasteiger partial charge on any atom is 0.307 e. The van der Waals surface area contributed by atoms with Gasteiger partial charge in [0.25, 0.3) is 0 Å². The van der Waals surface area contributed by atoms with Crippen LogP contribution in [-0.4, -0.2) is 18.4 Å². The van der Waals surface area contributed by atoms with Crippen molar-refractivity contribution in [2.75, 3.05) is 6.61 Å². The van der Waals surface area contributed by atoms with E-state index in [0.717, 1.165) is 11.1 Å². The number of ketones is 1. The molecule has 0 aliphatic rings. The van der Waals surface area contributed by atoms with E-state index in [1.165, 1.54) is 6.92 Å². The largest absolute Gasteiger partial charge is 0.457 e. The molecule has 0 spiro atoms. The van der Waals surface area contributed by atoms with E-state index in [0.29, 0.717) is 0 Å². The van der Waals surface area contributed by atoms with E-state index in [4.69, 9.17) is 15.7 Å². The minimum absolute atomic E-state index is 0.0918. The molecule has 0 saturated carbocycles. The Balaban J connectivity index is 2.10. The van der Waals surface area contributed by atoms with Crippen LogP contribution in [0, 0.1) is 11.3 Å². The van der Waals surface area contributed by atoms with Crippen molar-refractivity contribution in [1.29, 1.82) is 5.26 Å². The summed E-state index contributed by atoms with van der Waals surface area (Å²) in [6.07, 6.45) is 0.0918. The molecular formula is C21H20N2O3. The van der Waals surface area contributed by atoms with Crippen molar-refractivity contribution in [1.82, 2.24) is 0 Å². The topological polar surface area (TPSA) is 93.2 Å². The van der Waals surface area contributed by atoms with Gasteiger partial charge in [0, 0.05) is 11.6 Å². The summed E-state index contributed by atoms with van der Waals surface area (Å²) in [5, 5.41) is 8.93. The van der Waals surface area contributed by atoms with Crippen LogP contribution in [0.3, 0.4) is 0 Å². The summed E-state index contributed by atoms with van der Waals surface area (Å²) in [4.78, 5) is 24.2. The normalized spacial score (nSPS) is 11.4. The van der Waals surface area contributed by atoms with Crippen LogP contribution in [0.1, 0.15) is 30.4 Å². The number of nitrogens with zero attached hydrogens (tertiary/aromatic N) is 1. The van der Waals surface area contributed by atoms with Crippen LogP contribution in [0.15, 0.2) is 71.9 Å². The number of allylic oxidation sites excluding steroid dienone is 1. The standard InChI is InChI=1S/C21H20N2O3/c1-15(23)19(13-22)20(24)14-26-21(25)12-18(16-8-4-2-5-9-16)17-10-6-3-7-11-17/h2-11,18H,12,14,23H2,1H3/b19-15-. The summed E-state index contributed by atoms with van der Waals surface area (Å²) in [5.41, 5.74) is 7.38. The van der Waals surface area contributed by atoms with Crippen LogP contribution < -0.4 is 5.73 Å². The molecule has 2 N–H and O–H groups in total. The number of carbonyl (C=O) groups is 2. The SMILES string of the molecule is C/C(N)=C(\C#N)C(=O)COC(=O)CC(c1ccccc1)c1ccccc1. The van der Waals surface area contributed by atoms with Gasteiger partial charge >= 0.3 is 5.97 Å². The number of hydrogen-bond acceptors (Lipinski definition) is 5. The first-order valence-electron chi connectivity index (χ1n) is 8.18. The van der Waals surface area contributed by atoms with E-state index in [-0.39, 0.29) is 23.6 Å². The minimum Gasteiger partial charge on any atom is -0.457 e. The summed E-state index contributed by atoms with van der Waals surface area (Å²) < 4.78 is 5.08. The number of rotatable bonds is 7. The van der Waals surface area contributed by atoms with Crippen molar-refractivity contribution in [2.24, 2.45) is 5.73 Å². The molecule has 0 heterocycles. The number of carbonyl (C=O) groups excluding carboxylic acids is 2. The molecule has 132 valence electrons.